The van der Waals surface area contributed by atoms with Crippen molar-refractivity contribution in [3.8, 4) is 0 Å². The molecule has 0 N–H and O–H groups in total. The average molecular weight is 282 g/mol. The van der Waals surface area contributed by atoms with Gasteiger partial charge in [-0.3, -0.25) is 0 Å². The van der Waals surface area contributed by atoms with Crippen LogP contribution in [0.5, 0.6) is 0 Å². The minimum absolute atomic E-state index is 0.411. The Balaban J connectivity index is 1.78. The molecule has 0 aromatic heterocycles. The molecule has 0 amide bonds. The Morgan fingerprint density at radius 1 is 0.750 bits per heavy atom. The summed E-state index contributed by atoms with van der Waals surface area (Å²) in [5, 5.41) is 0. The molecule has 2 rings (SSSR count). The van der Waals surface area contributed by atoms with Crippen molar-refractivity contribution in [3.63, 3.8) is 0 Å². The Hall–Kier alpha value is -0.120. The zero-order chi connectivity index (χ0) is 14.2. The minimum Gasteiger partial charge on any atom is -0.375 e. The van der Waals surface area contributed by atoms with E-state index in [1.54, 1.807) is 0 Å². The van der Waals surface area contributed by atoms with Crippen LogP contribution in [-0.4, -0.2) is 61.8 Å². The second-order valence-corrected chi connectivity index (χ2v) is 7.07. The molecule has 0 aromatic rings. The molecule has 0 atom stereocenters. The normalized spacial score (nSPS) is 22.8. The van der Waals surface area contributed by atoms with Crippen LogP contribution >= 0.6 is 0 Å². The molecule has 20 heavy (non-hydrogen) atoms. The molecule has 0 spiro atoms. The standard InChI is InChI=1S/C17H34N2O/c1-16(2)15-20-17(13-18-9-5-3-6-10-18)14-19-11-7-4-8-12-19/h16-17H,3-15H2,1-2H3. The molecule has 2 saturated heterocycles. The molecule has 2 fully saturated rings. The molecular formula is C17H34N2O. The third-order valence-electron chi connectivity index (χ3n) is 4.49. The van der Waals surface area contributed by atoms with E-state index in [0.29, 0.717) is 12.0 Å². The van der Waals surface area contributed by atoms with Gasteiger partial charge in [-0.2, -0.15) is 0 Å². The van der Waals surface area contributed by atoms with E-state index in [-0.39, 0.29) is 0 Å². The number of piperidine rings is 2. The maximum atomic E-state index is 6.23. The van der Waals surface area contributed by atoms with Crippen molar-refractivity contribution in [2.75, 3.05) is 45.9 Å². The van der Waals surface area contributed by atoms with Gasteiger partial charge in [0.1, 0.15) is 0 Å². The highest BCUT2D eigenvalue weighted by Gasteiger charge is 2.21. The zero-order valence-corrected chi connectivity index (χ0v) is 13.6. The summed E-state index contributed by atoms with van der Waals surface area (Å²) in [4.78, 5) is 5.25. The van der Waals surface area contributed by atoms with E-state index in [1.165, 1.54) is 64.7 Å². The van der Waals surface area contributed by atoms with E-state index in [9.17, 15) is 0 Å². The van der Waals surface area contributed by atoms with E-state index >= 15 is 0 Å². The Morgan fingerprint density at radius 2 is 1.20 bits per heavy atom. The SMILES string of the molecule is CC(C)COC(CN1CCCCC1)CN1CCCCC1. The summed E-state index contributed by atoms with van der Waals surface area (Å²) in [6, 6.07) is 0. The Kier molecular flexibility index (Phi) is 7.32. The van der Waals surface area contributed by atoms with Crippen molar-refractivity contribution >= 4 is 0 Å². The summed E-state index contributed by atoms with van der Waals surface area (Å²) in [6.45, 7) is 12.8. The summed E-state index contributed by atoms with van der Waals surface area (Å²) in [6.07, 6.45) is 8.75. The quantitative estimate of drug-likeness (QED) is 0.714. The van der Waals surface area contributed by atoms with E-state index in [1.807, 2.05) is 0 Å². The molecule has 3 heteroatoms. The van der Waals surface area contributed by atoms with Crippen LogP contribution in [-0.2, 0) is 4.74 Å². The van der Waals surface area contributed by atoms with Crippen LogP contribution in [0.15, 0.2) is 0 Å². The van der Waals surface area contributed by atoms with E-state index in [2.05, 4.69) is 23.6 Å². The van der Waals surface area contributed by atoms with Crippen LogP contribution in [0.1, 0.15) is 52.4 Å². The van der Waals surface area contributed by atoms with Crippen LogP contribution < -0.4 is 0 Å². The van der Waals surface area contributed by atoms with Crippen molar-refractivity contribution in [1.29, 1.82) is 0 Å². The van der Waals surface area contributed by atoms with E-state index < -0.39 is 0 Å². The van der Waals surface area contributed by atoms with E-state index in [0.717, 1.165) is 19.7 Å². The fourth-order valence-corrected chi connectivity index (χ4v) is 3.35. The first-order chi connectivity index (χ1) is 9.74. The second kappa shape index (κ2) is 9.01. The van der Waals surface area contributed by atoms with Gasteiger partial charge >= 0.3 is 0 Å². The molecular weight excluding hydrogens is 248 g/mol. The second-order valence-electron chi connectivity index (χ2n) is 7.07. The lowest BCUT2D eigenvalue weighted by atomic mass is 10.1. The van der Waals surface area contributed by atoms with Crippen LogP contribution in [0.2, 0.25) is 0 Å². The summed E-state index contributed by atoms with van der Waals surface area (Å²) in [5.74, 6) is 0.639. The molecule has 0 aliphatic carbocycles. The zero-order valence-electron chi connectivity index (χ0n) is 13.6. The number of nitrogens with zero attached hydrogens (tertiary/aromatic N) is 2. The topological polar surface area (TPSA) is 15.7 Å². The number of hydrogen-bond acceptors (Lipinski definition) is 3. The monoisotopic (exact) mass is 282 g/mol. The lowest BCUT2D eigenvalue weighted by Crippen LogP contribution is -2.45. The van der Waals surface area contributed by atoms with Gasteiger partial charge in [0.05, 0.1) is 6.10 Å². The van der Waals surface area contributed by atoms with E-state index in [4.69, 9.17) is 4.74 Å². The summed E-state index contributed by atoms with van der Waals surface area (Å²) >= 11 is 0. The molecule has 3 nitrogen and oxygen atoms in total. The first-order valence-electron chi connectivity index (χ1n) is 8.80. The van der Waals surface area contributed by atoms with Gasteiger partial charge < -0.3 is 14.5 Å². The van der Waals surface area contributed by atoms with Crippen LogP contribution in [0.3, 0.4) is 0 Å². The van der Waals surface area contributed by atoms with Crippen molar-refractivity contribution in [2.45, 2.75) is 58.5 Å². The van der Waals surface area contributed by atoms with Gasteiger partial charge in [0, 0.05) is 19.7 Å². The number of likely N-dealkylation sites (tertiary alicyclic amines) is 2. The number of ether oxygens (including phenoxy) is 1. The predicted molar refractivity (Wildman–Crippen MR) is 85.2 cm³/mol. The lowest BCUT2D eigenvalue weighted by molar-refractivity contribution is -0.0133. The first kappa shape index (κ1) is 16.3. The summed E-state index contributed by atoms with van der Waals surface area (Å²) in [5.41, 5.74) is 0. The highest BCUT2D eigenvalue weighted by molar-refractivity contribution is 4.75. The molecule has 2 heterocycles. The average Bonchev–Trinajstić information content (AvgIpc) is 2.47. The van der Waals surface area contributed by atoms with Gasteiger partial charge in [-0.05, 0) is 57.8 Å². The lowest BCUT2D eigenvalue weighted by Gasteiger charge is -2.35. The largest absolute Gasteiger partial charge is 0.375 e. The number of hydrogen-bond donors (Lipinski definition) is 0. The van der Waals surface area contributed by atoms with Gasteiger partial charge in [0.25, 0.3) is 0 Å². The minimum atomic E-state index is 0.411. The molecule has 0 unspecified atom stereocenters. The number of rotatable bonds is 7. The maximum Gasteiger partial charge on any atom is 0.0828 e. The molecule has 118 valence electrons. The van der Waals surface area contributed by atoms with Gasteiger partial charge in [0.15, 0.2) is 0 Å². The fraction of sp³-hybridized carbons (Fsp3) is 1.00. The highest BCUT2D eigenvalue weighted by atomic mass is 16.5. The molecule has 2 aliphatic heterocycles. The fourth-order valence-electron chi connectivity index (χ4n) is 3.35. The van der Waals surface area contributed by atoms with Crippen molar-refractivity contribution < 1.29 is 4.74 Å². The van der Waals surface area contributed by atoms with Crippen LogP contribution in [0, 0.1) is 5.92 Å². The van der Waals surface area contributed by atoms with Crippen molar-refractivity contribution in [2.24, 2.45) is 5.92 Å². The summed E-state index contributed by atoms with van der Waals surface area (Å²) < 4.78 is 6.23. The maximum absolute atomic E-state index is 6.23. The van der Waals surface area contributed by atoms with Gasteiger partial charge in [-0.15, -0.1) is 0 Å². The van der Waals surface area contributed by atoms with Crippen molar-refractivity contribution in [1.82, 2.24) is 9.80 Å². The third-order valence-corrected chi connectivity index (χ3v) is 4.49. The Bertz CT molecular complexity index is 225. The molecule has 2 aliphatic rings. The van der Waals surface area contributed by atoms with Gasteiger partial charge in [-0.1, -0.05) is 26.7 Å². The first-order valence-corrected chi connectivity index (χ1v) is 8.80. The van der Waals surface area contributed by atoms with Crippen LogP contribution in [0.25, 0.3) is 0 Å². The van der Waals surface area contributed by atoms with Crippen LogP contribution in [0.4, 0.5) is 0 Å². The smallest absolute Gasteiger partial charge is 0.0828 e. The molecule has 0 radical (unpaired) electrons. The Labute approximate surface area is 125 Å². The van der Waals surface area contributed by atoms with Gasteiger partial charge in [-0.25, -0.2) is 0 Å². The summed E-state index contributed by atoms with van der Waals surface area (Å²) in [7, 11) is 0. The van der Waals surface area contributed by atoms with Crippen molar-refractivity contribution in [3.05, 3.63) is 0 Å². The molecule has 0 saturated carbocycles. The molecule has 0 aromatic carbocycles. The van der Waals surface area contributed by atoms with Gasteiger partial charge in [0.2, 0.25) is 0 Å². The highest BCUT2D eigenvalue weighted by Crippen LogP contribution is 2.14. The Morgan fingerprint density at radius 3 is 1.60 bits per heavy atom. The predicted octanol–water partition coefficient (Wildman–Crippen LogP) is 3.00. The third kappa shape index (κ3) is 6.11. The molecule has 0 bridgehead atoms.